The zero-order valence-electron chi connectivity index (χ0n) is 11.8. The molecule has 2 amide bonds. The van der Waals surface area contributed by atoms with E-state index in [4.69, 9.17) is 0 Å². The number of hydrogen-bond acceptors (Lipinski definition) is 3. The molecule has 0 bridgehead atoms. The van der Waals surface area contributed by atoms with Gasteiger partial charge in [0, 0.05) is 26.6 Å². The number of carbonyl (C=O) groups is 2. The molecule has 21 heavy (non-hydrogen) atoms. The van der Waals surface area contributed by atoms with Crippen LogP contribution < -0.4 is 0 Å². The van der Waals surface area contributed by atoms with Gasteiger partial charge >= 0.3 is 6.18 Å². The van der Waals surface area contributed by atoms with Crippen molar-refractivity contribution in [1.29, 1.82) is 0 Å². The Bertz CT molecular complexity index is 421. The van der Waals surface area contributed by atoms with Gasteiger partial charge in [-0.3, -0.25) is 9.59 Å². The fourth-order valence-corrected chi connectivity index (χ4v) is 2.95. The molecule has 1 heterocycles. The molecule has 2 fully saturated rings. The summed E-state index contributed by atoms with van der Waals surface area (Å²) in [6, 6.07) is 0. The van der Waals surface area contributed by atoms with Crippen LogP contribution in [0, 0.1) is 11.8 Å². The van der Waals surface area contributed by atoms with Crippen LogP contribution >= 0.6 is 0 Å². The van der Waals surface area contributed by atoms with Gasteiger partial charge in [-0.05, 0) is 18.8 Å². The van der Waals surface area contributed by atoms with E-state index in [0.29, 0.717) is 24.3 Å². The highest BCUT2D eigenvalue weighted by Gasteiger charge is 2.41. The van der Waals surface area contributed by atoms with Gasteiger partial charge in [0.2, 0.25) is 11.8 Å². The molecule has 1 N–H and O–H groups in total. The minimum absolute atomic E-state index is 0.160. The van der Waals surface area contributed by atoms with E-state index >= 15 is 0 Å². The van der Waals surface area contributed by atoms with Gasteiger partial charge in [0.15, 0.2) is 0 Å². The van der Waals surface area contributed by atoms with Crippen LogP contribution in [-0.2, 0) is 9.59 Å². The summed E-state index contributed by atoms with van der Waals surface area (Å²) in [5.74, 6) is -1.39. The number of nitrogens with zero attached hydrogens (tertiary/aromatic N) is 2. The Balaban J connectivity index is 1.84. The van der Waals surface area contributed by atoms with Crippen LogP contribution in [0.4, 0.5) is 13.2 Å². The molecule has 5 nitrogen and oxygen atoms in total. The number of aliphatic hydroxyl groups is 1. The monoisotopic (exact) mass is 308 g/mol. The molecule has 2 rings (SSSR count). The Kier molecular flexibility index (Phi) is 4.46. The minimum atomic E-state index is -4.44. The Morgan fingerprint density at radius 3 is 2.57 bits per heavy atom. The second-order valence-electron chi connectivity index (χ2n) is 6.00. The van der Waals surface area contributed by atoms with Crippen LogP contribution in [0.2, 0.25) is 0 Å². The largest absolute Gasteiger partial charge is 0.406 e. The quantitative estimate of drug-likeness (QED) is 0.828. The van der Waals surface area contributed by atoms with E-state index in [-0.39, 0.29) is 30.9 Å². The van der Waals surface area contributed by atoms with Gasteiger partial charge < -0.3 is 14.9 Å². The normalized spacial score (nSPS) is 29.5. The van der Waals surface area contributed by atoms with E-state index in [1.807, 2.05) is 0 Å². The summed E-state index contributed by atoms with van der Waals surface area (Å²) in [6.07, 6.45) is -3.63. The lowest BCUT2D eigenvalue weighted by Gasteiger charge is -2.35. The molecule has 1 saturated heterocycles. The number of halogens is 3. The van der Waals surface area contributed by atoms with Crippen molar-refractivity contribution in [2.24, 2.45) is 11.8 Å². The standard InChI is InChI=1S/C13H19F3N2O3/c1-17(5-8-2-10(19)3-8)12(21)9-4-11(20)18(6-9)7-13(14,15)16/h8-10,19H,2-7H2,1H3. The Labute approximate surface area is 120 Å². The van der Waals surface area contributed by atoms with E-state index < -0.39 is 24.5 Å². The first-order valence-corrected chi connectivity index (χ1v) is 6.93. The molecular formula is C13H19F3N2O3. The minimum Gasteiger partial charge on any atom is -0.393 e. The van der Waals surface area contributed by atoms with Crippen molar-refractivity contribution < 1.29 is 27.9 Å². The maximum atomic E-state index is 12.3. The van der Waals surface area contributed by atoms with Gasteiger partial charge in [-0.1, -0.05) is 0 Å². The summed E-state index contributed by atoms with van der Waals surface area (Å²) in [5.41, 5.74) is 0. The highest BCUT2D eigenvalue weighted by atomic mass is 19.4. The highest BCUT2D eigenvalue weighted by molar-refractivity contribution is 5.89. The fraction of sp³-hybridized carbons (Fsp3) is 0.846. The van der Waals surface area contributed by atoms with Gasteiger partial charge in [0.05, 0.1) is 12.0 Å². The lowest BCUT2D eigenvalue weighted by Crippen LogP contribution is -2.42. The SMILES string of the molecule is CN(CC1CC(O)C1)C(=O)C1CC(=O)N(CC(F)(F)F)C1. The maximum Gasteiger partial charge on any atom is 0.406 e. The van der Waals surface area contributed by atoms with Crippen molar-refractivity contribution in [3.05, 3.63) is 0 Å². The van der Waals surface area contributed by atoms with Crippen LogP contribution in [-0.4, -0.2) is 65.7 Å². The summed E-state index contributed by atoms with van der Waals surface area (Å²) < 4.78 is 37.0. The van der Waals surface area contributed by atoms with Crippen LogP contribution in [0.5, 0.6) is 0 Å². The van der Waals surface area contributed by atoms with Crippen LogP contribution in [0.3, 0.4) is 0 Å². The lowest BCUT2D eigenvalue weighted by molar-refractivity contribution is -0.157. The van der Waals surface area contributed by atoms with E-state index in [2.05, 4.69) is 0 Å². The van der Waals surface area contributed by atoms with Gasteiger partial charge in [0.25, 0.3) is 0 Å². The summed E-state index contributed by atoms with van der Waals surface area (Å²) >= 11 is 0. The second kappa shape index (κ2) is 5.82. The molecule has 0 radical (unpaired) electrons. The van der Waals surface area contributed by atoms with Crippen molar-refractivity contribution >= 4 is 11.8 Å². The molecule has 0 aromatic carbocycles. The zero-order chi connectivity index (χ0) is 15.8. The van der Waals surface area contributed by atoms with Crippen LogP contribution in [0.15, 0.2) is 0 Å². The molecule has 2 aliphatic rings. The number of hydrogen-bond donors (Lipinski definition) is 1. The fourth-order valence-electron chi connectivity index (χ4n) is 2.95. The predicted molar refractivity (Wildman–Crippen MR) is 67.1 cm³/mol. The molecule has 1 atom stereocenters. The molecule has 0 aromatic rings. The molecule has 1 aliphatic heterocycles. The van der Waals surface area contributed by atoms with E-state index in [1.165, 1.54) is 4.90 Å². The Morgan fingerprint density at radius 1 is 1.43 bits per heavy atom. The third-order valence-corrected chi connectivity index (χ3v) is 4.05. The maximum absolute atomic E-state index is 12.3. The van der Waals surface area contributed by atoms with Crippen molar-refractivity contribution in [1.82, 2.24) is 9.80 Å². The topological polar surface area (TPSA) is 60.9 Å². The molecule has 1 saturated carbocycles. The summed E-state index contributed by atoms with van der Waals surface area (Å²) in [5, 5.41) is 9.20. The Morgan fingerprint density at radius 2 is 2.05 bits per heavy atom. The number of carbonyl (C=O) groups excluding carboxylic acids is 2. The Hall–Kier alpha value is -1.31. The second-order valence-corrected chi connectivity index (χ2v) is 6.00. The van der Waals surface area contributed by atoms with Crippen molar-refractivity contribution in [3.8, 4) is 0 Å². The van der Waals surface area contributed by atoms with E-state index in [1.54, 1.807) is 7.05 Å². The first-order valence-electron chi connectivity index (χ1n) is 6.93. The first-order chi connectivity index (χ1) is 9.65. The number of aliphatic hydroxyl groups excluding tert-OH is 1. The van der Waals surface area contributed by atoms with Gasteiger partial charge in [-0.15, -0.1) is 0 Å². The summed E-state index contributed by atoms with van der Waals surface area (Å²) in [7, 11) is 1.59. The average molecular weight is 308 g/mol. The van der Waals surface area contributed by atoms with Gasteiger partial charge in [0.1, 0.15) is 6.54 Å². The zero-order valence-corrected chi connectivity index (χ0v) is 11.8. The average Bonchev–Trinajstić information content (AvgIpc) is 2.65. The molecule has 1 aliphatic carbocycles. The lowest BCUT2D eigenvalue weighted by atomic mass is 9.82. The van der Waals surface area contributed by atoms with E-state index in [9.17, 15) is 27.9 Å². The van der Waals surface area contributed by atoms with Gasteiger partial charge in [-0.25, -0.2) is 0 Å². The van der Waals surface area contributed by atoms with E-state index in [0.717, 1.165) is 0 Å². The smallest absolute Gasteiger partial charge is 0.393 e. The van der Waals surface area contributed by atoms with Crippen LogP contribution in [0.1, 0.15) is 19.3 Å². The third kappa shape index (κ3) is 4.09. The van der Waals surface area contributed by atoms with Gasteiger partial charge in [-0.2, -0.15) is 13.2 Å². The van der Waals surface area contributed by atoms with Crippen molar-refractivity contribution in [3.63, 3.8) is 0 Å². The summed E-state index contributed by atoms with van der Waals surface area (Å²) in [4.78, 5) is 25.9. The number of rotatable bonds is 4. The van der Waals surface area contributed by atoms with Crippen LogP contribution in [0.25, 0.3) is 0 Å². The predicted octanol–water partition coefficient (Wildman–Crippen LogP) is 0.626. The molecule has 8 heteroatoms. The van der Waals surface area contributed by atoms with Crippen molar-refractivity contribution in [2.75, 3.05) is 26.7 Å². The first kappa shape index (κ1) is 16.1. The number of alkyl halides is 3. The molecule has 0 spiro atoms. The van der Waals surface area contributed by atoms with Crippen molar-refractivity contribution in [2.45, 2.75) is 31.5 Å². The molecule has 1 unspecified atom stereocenters. The molecule has 120 valence electrons. The number of amides is 2. The molecule has 0 aromatic heterocycles. The third-order valence-electron chi connectivity index (χ3n) is 4.05. The highest BCUT2D eigenvalue weighted by Crippen LogP contribution is 2.29. The summed E-state index contributed by atoms with van der Waals surface area (Å²) in [6.45, 7) is -0.997. The molecular weight excluding hydrogens is 289 g/mol. The number of likely N-dealkylation sites (tertiary alicyclic amines) is 1.